The van der Waals surface area contributed by atoms with Crippen LogP contribution in [0.2, 0.25) is 0 Å². The molecule has 28 heavy (non-hydrogen) atoms. The molecule has 0 fully saturated rings. The largest absolute Gasteiger partial charge is 0.495 e. The number of anilines is 1. The van der Waals surface area contributed by atoms with Gasteiger partial charge in [-0.3, -0.25) is 4.79 Å². The van der Waals surface area contributed by atoms with Gasteiger partial charge in [0.2, 0.25) is 11.7 Å². The molecule has 3 rings (SSSR count). The van der Waals surface area contributed by atoms with Crippen molar-refractivity contribution in [2.75, 3.05) is 12.4 Å². The fourth-order valence-electron chi connectivity index (χ4n) is 2.50. The van der Waals surface area contributed by atoms with Gasteiger partial charge < -0.3 is 10.1 Å². The van der Waals surface area contributed by atoms with E-state index in [9.17, 15) is 18.0 Å². The molecule has 1 N–H and O–H groups in total. The van der Waals surface area contributed by atoms with E-state index in [1.165, 1.54) is 19.2 Å². The first-order valence-corrected chi connectivity index (χ1v) is 8.16. The number of carbonyl (C=O) groups excluding carboxylic acids is 1. The molecule has 2 aromatic carbocycles. The molecule has 1 heterocycles. The Morgan fingerprint density at radius 2 is 2.00 bits per heavy atom. The number of hydrogen-bond acceptors (Lipinski definition) is 5. The lowest BCUT2D eigenvalue weighted by Gasteiger charge is -2.10. The van der Waals surface area contributed by atoms with Crippen LogP contribution in [0.25, 0.3) is 11.4 Å². The highest BCUT2D eigenvalue weighted by molar-refractivity contribution is 5.92. The van der Waals surface area contributed by atoms with Gasteiger partial charge in [-0.05, 0) is 42.0 Å². The molecule has 0 atom stereocenters. The Kier molecular flexibility index (Phi) is 5.30. The summed E-state index contributed by atoms with van der Waals surface area (Å²) in [6.07, 6.45) is -4.47. The predicted molar refractivity (Wildman–Crippen MR) is 94.6 cm³/mol. The van der Waals surface area contributed by atoms with Crippen molar-refractivity contribution in [3.8, 4) is 17.1 Å². The first kappa shape index (κ1) is 19.3. The summed E-state index contributed by atoms with van der Waals surface area (Å²) in [6, 6.07) is 9.90. The standard InChI is InChI=1S/C18H16F3N5O2/c1-11-6-7-15(28-2)14(8-11)22-16(27)10-26-24-17(23-25-26)12-4-3-5-13(9-12)18(19,20)21/h3-9H,10H2,1-2H3,(H,22,27). The van der Waals surface area contributed by atoms with Crippen LogP contribution in [0.15, 0.2) is 42.5 Å². The Labute approximate surface area is 158 Å². The van der Waals surface area contributed by atoms with Crippen LogP contribution in [0, 0.1) is 6.92 Å². The summed E-state index contributed by atoms with van der Waals surface area (Å²) < 4.78 is 43.7. The van der Waals surface area contributed by atoms with Crippen molar-refractivity contribution in [2.24, 2.45) is 0 Å². The highest BCUT2D eigenvalue weighted by atomic mass is 19.4. The molecule has 1 aromatic heterocycles. The SMILES string of the molecule is COc1ccc(C)cc1NC(=O)Cn1nnc(-c2cccc(C(F)(F)F)c2)n1. The summed E-state index contributed by atoms with van der Waals surface area (Å²) in [5, 5.41) is 14.1. The van der Waals surface area contributed by atoms with Gasteiger partial charge in [-0.15, -0.1) is 10.2 Å². The molecular formula is C18H16F3N5O2. The van der Waals surface area contributed by atoms with Crippen LogP contribution in [-0.4, -0.2) is 33.2 Å². The van der Waals surface area contributed by atoms with E-state index >= 15 is 0 Å². The lowest BCUT2D eigenvalue weighted by atomic mass is 10.1. The number of methoxy groups -OCH3 is 1. The fourth-order valence-corrected chi connectivity index (χ4v) is 2.50. The number of rotatable bonds is 5. The number of ether oxygens (including phenoxy) is 1. The van der Waals surface area contributed by atoms with Gasteiger partial charge in [0.1, 0.15) is 12.3 Å². The minimum atomic E-state index is -4.47. The number of hydrogen-bond donors (Lipinski definition) is 1. The van der Waals surface area contributed by atoms with Crippen molar-refractivity contribution in [3.05, 3.63) is 53.6 Å². The van der Waals surface area contributed by atoms with Crippen LogP contribution in [0.3, 0.4) is 0 Å². The van der Waals surface area contributed by atoms with E-state index in [1.807, 2.05) is 13.0 Å². The average molecular weight is 391 g/mol. The molecule has 3 aromatic rings. The number of alkyl halides is 3. The number of amides is 1. The monoisotopic (exact) mass is 391 g/mol. The van der Waals surface area contributed by atoms with Gasteiger partial charge in [0.15, 0.2) is 0 Å². The van der Waals surface area contributed by atoms with Crippen molar-refractivity contribution >= 4 is 11.6 Å². The third-order valence-electron chi connectivity index (χ3n) is 3.82. The summed E-state index contributed by atoms with van der Waals surface area (Å²) in [4.78, 5) is 13.3. The zero-order chi connectivity index (χ0) is 20.3. The number of nitrogens with zero attached hydrogens (tertiary/aromatic N) is 4. The summed E-state index contributed by atoms with van der Waals surface area (Å²) in [6.45, 7) is 1.61. The van der Waals surface area contributed by atoms with Crippen molar-refractivity contribution in [3.63, 3.8) is 0 Å². The van der Waals surface area contributed by atoms with Gasteiger partial charge in [-0.2, -0.15) is 18.0 Å². The van der Waals surface area contributed by atoms with E-state index in [1.54, 1.807) is 12.1 Å². The van der Waals surface area contributed by atoms with E-state index in [-0.39, 0.29) is 17.9 Å². The van der Waals surface area contributed by atoms with Gasteiger partial charge >= 0.3 is 6.18 Å². The predicted octanol–water partition coefficient (Wildman–Crippen LogP) is 3.31. The minimum Gasteiger partial charge on any atom is -0.495 e. The molecule has 0 aliphatic rings. The molecular weight excluding hydrogens is 375 g/mol. The molecule has 0 radical (unpaired) electrons. The maximum absolute atomic E-state index is 12.8. The van der Waals surface area contributed by atoms with Gasteiger partial charge in [-0.1, -0.05) is 18.2 Å². The molecule has 1 amide bonds. The molecule has 0 bridgehead atoms. The van der Waals surface area contributed by atoms with Crippen LogP contribution < -0.4 is 10.1 Å². The Bertz CT molecular complexity index is 1000. The summed E-state index contributed by atoms with van der Waals surface area (Å²) >= 11 is 0. The Morgan fingerprint density at radius 3 is 2.71 bits per heavy atom. The summed E-state index contributed by atoms with van der Waals surface area (Å²) in [5.74, 6) is 0.0547. The molecule has 7 nitrogen and oxygen atoms in total. The van der Waals surface area contributed by atoms with Gasteiger partial charge in [0, 0.05) is 5.56 Å². The van der Waals surface area contributed by atoms with E-state index < -0.39 is 17.6 Å². The second-order valence-electron chi connectivity index (χ2n) is 5.97. The van der Waals surface area contributed by atoms with Crippen LogP contribution in [0.5, 0.6) is 5.75 Å². The lowest BCUT2D eigenvalue weighted by molar-refractivity contribution is -0.137. The lowest BCUT2D eigenvalue weighted by Crippen LogP contribution is -2.20. The van der Waals surface area contributed by atoms with Crippen LogP contribution >= 0.6 is 0 Å². The number of halogens is 3. The quantitative estimate of drug-likeness (QED) is 0.722. The Morgan fingerprint density at radius 1 is 1.21 bits per heavy atom. The summed E-state index contributed by atoms with van der Waals surface area (Å²) in [5.41, 5.74) is 0.764. The molecule has 10 heteroatoms. The van der Waals surface area contributed by atoms with Crippen LogP contribution in [0.4, 0.5) is 18.9 Å². The van der Waals surface area contributed by atoms with E-state index in [4.69, 9.17) is 4.74 Å². The van der Waals surface area contributed by atoms with Crippen molar-refractivity contribution in [1.29, 1.82) is 0 Å². The smallest absolute Gasteiger partial charge is 0.416 e. The molecule has 0 saturated heterocycles. The van der Waals surface area contributed by atoms with Crippen LogP contribution in [-0.2, 0) is 17.5 Å². The van der Waals surface area contributed by atoms with Crippen LogP contribution in [0.1, 0.15) is 11.1 Å². The first-order chi connectivity index (χ1) is 13.3. The topological polar surface area (TPSA) is 81.9 Å². The molecule has 0 unspecified atom stereocenters. The Hall–Kier alpha value is -3.43. The van der Waals surface area contributed by atoms with Crippen molar-refractivity contribution < 1.29 is 22.7 Å². The second kappa shape index (κ2) is 7.67. The van der Waals surface area contributed by atoms with E-state index in [0.29, 0.717) is 11.4 Å². The van der Waals surface area contributed by atoms with Crippen molar-refractivity contribution in [1.82, 2.24) is 20.2 Å². The first-order valence-electron chi connectivity index (χ1n) is 8.16. The Balaban J connectivity index is 1.73. The maximum atomic E-state index is 12.8. The number of aryl methyl sites for hydroxylation is 1. The number of benzene rings is 2. The zero-order valence-corrected chi connectivity index (χ0v) is 15.0. The number of tetrazole rings is 1. The summed E-state index contributed by atoms with van der Waals surface area (Å²) in [7, 11) is 1.49. The van der Waals surface area contributed by atoms with E-state index in [0.717, 1.165) is 22.5 Å². The van der Waals surface area contributed by atoms with Gasteiger partial charge in [0.05, 0.1) is 18.4 Å². The molecule has 146 valence electrons. The third-order valence-corrected chi connectivity index (χ3v) is 3.82. The normalized spacial score (nSPS) is 11.3. The molecule has 0 saturated carbocycles. The van der Waals surface area contributed by atoms with Gasteiger partial charge in [-0.25, -0.2) is 0 Å². The number of aromatic nitrogens is 4. The minimum absolute atomic E-state index is 0.00737. The fraction of sp³-hybridized carbons (Fsp3) is 0.222. The molecule has 0 aliphatic carbocycles. The molecule has 0 spiro atoms. The average Bonchev–Trinajstić information content (AvgIpc) is 3.09. The van der Waals surface area contributed by atoms with Crippen molar-refractivity contribution in [2.45, 2.75) is 19.6 Å². The highest BCUT2D eigenvalue weighted by Gasteiger charge is 2.30. The third kappa shape index (κ3) is 4.45. The number of carbonyl (C=O) groups is 1. The van der Waals surface area contributed by atoms with E-state index in [2.05, 4.69) is 20.7 Å². The molecule has 0 aliphatic heterocycles. The zero-order valence-electron chi connectivity index (χ0n) is 15.0. The number of nitrogens with one attached hydrogen (secondary N) is 1. The van der Waals surface area contributed by atoms with Gasteiger partial charge in [0.25, 0.3) is 0 Å². The second-order valence-corrected chi connectivity index (χ2v) is 5.97. The highest BCUT2D eigenvalue weighted by Crippen LogP contribution is 2.31. The maximum Gasteiger partial charge on any atom is 0.416 e.